The molecular formula is C19H39N3O4. The molecule has 0 spiro atoms. The van der Waals surface area contributed by atoms with Gasteiger partial charge in [0.25, 0.3) is 0 Å². The lowest BCUT2D eigenvalue weighted by Crippen LogP contribution is -2.46. The van der Waals surface area contributed by atoms with Crippen LogP contribution in [0.25, 0.3) is 0 Å². The van der Waals surface area contributed by atoms with Gasteiger partial charge in [0.1, 0.15) is 0 Å². The van der Waals surface area contributed by atoms with E-state index in [9.17, 15) is 4.79 Å². The van der Waals surface area contributed by atoms with Gasteiger partial charge in [-0.3, -0.25) is 4.79 Å². The van der Waals surface area contributed by atoms with Crippen molar-refractivity contribution in [3.8, 4) is 0 Å². The number of likely N-dealkylation sites (tertiary alicyclic amines) is 1. The van der Waals surface area contributed by atoms with Crippen LogP contribution in [0.15, 0.2) is 0 Å². The van der Waals surface area contributed by atoms with E-state index in [-0.39, 0.29) is 5.91 Å². The highest BCUT2D eigenvalue weighted by molar-refractivity contribution is 5.72. The van der Waals surface area contributed by atoms with Gasteiger partial charge in [0, 0.05) is 32.1 Å². The predicted octanol–water partition coefficient (Wildman–Crippen LogP) is 1.02. The molecule has 1 heterocycles. The summed E-state index contributed by atoms with van der Waals surface area (Å²) in [4.78, 5) is 13.1. The second kappa shape index (κ2) is 15.3. The number of carbonyl (C=O) groups is 1. The molecular weight excluding hydrogens is 334 g/mol. The Bertz CT molecular complexity index is 350. The molecule has 1 amide bonds. The van der Waals surface area contributed by atoms with Crippen molar-refractivity contribution in [2.75, 3.05) is 65.8 Å². The molecule has 1 fully saturated rings. The number of nitrogens with zero attached hydrogens (tertiary/aromatic N) is 1. The highest BCUT2D eigenvalue weighted by atomic mass is 16.5. The quantitative estimate of drug-likeness (QED) is 0.418. The van der Waals surface area contributed by atoms with Crippen LogP contribution < -0.4 is 10.6 Å². The van der Waals surface area contributed by atoms with E-state index >= 15 is 0 Å². The molecule has 0 radical (unpaired) electrons. The molecule has 7 heteroatoms. The van der Waals surface area contributed by atoms with Crippen LogP contribution in [0.3, 0.4) is 0 Å². The Labute approximate surface area is 159 Å². The van der Waals surface area contributed by atoms with E-state index in [4.69, 9.17) is 14.2 Å². The normalized spacial score (nSPS) is 17.3. The Morgan fingerprint density at radius 2 is 1.62 bits per heavy atom. The lowest BCUT2D eigenvalue weighted by molar-refractivity contribution is -0.119. The standard InChI is InChI=1S/C19H39N3O4/c1-4-17(2)21-19-5-8-22(9-6-19)10-12-25-14-16-26-15-13-24-11-7-20-18(3)23/h17,19,21H,4-16H2,1-3H3,(H,20,23). The van der Waals surface area contributed by atoms with E-state index in [0.717, 1.165) is 26.2 Å². The molecule has 0 bridgehead atoms. The first-order valence-corrected chi connectivity index (χ1v) is 10.1. The summed E-state index contributed by atoms with van der Waals surface area (Å²) < 4.78 is 16.4. The summed E-state index contributed by atoms with van der Waals surface area (Å²) in [5.41, 5.74) is 0. The fraction of sp³-hybridized carbons (Fsp3) is 0.947. The number of amides is 1. The number of carbonyl (C=O) groups excluding carboxylic acids is 1. The van der Waals surface area contributed by atoms with Crippen LogP contribution in [0, 0.1) is 0 Å². The van der Waals surface area contributed by atoms with Gasteiger partial charge in [-0.25, -0.2) is 0 Å². The summed E-state index contributed by atoms with van der Waals surface area (Å²) in [6.45, 7) is 13.4. The first-order chi connectivity index (χ1) is 12.6. The van der Waals surface area contributed by atoms with Gasteiger partial charge in [0.05, 0.1) is 39.6 Å². The van der Waals surface area contributed by atoms with Gasteiger partial charge in [0.15, 0.2) is 0 Å². The third kappa shape index (κ3) is 12.6. The van der Waals surface area contributed by atoms with Gasteiger partial charge >= 0.3 is 0 Å². The monoisotopic (exact) mass is 373 g/mol. The zero-order chi connectivity index (χ0) is 19.0. The Hall–Kier alpha value is -0.730. The van der Waals surface area contributed by atoms with Gasteiger partial charge < -0.3 is 29.7 Å². The number of ether oxygens (including phenoxy) is 3. The summed E-state index contributed by atoms with van der Waals surface area (Å²) in [5.74, 6) is -0.0332. The Morgan fingerprint density at radius 1 is 1.04 bits per heavy atom. The molecule has 0 aromatic heterocycles. The lowest BCUT2D eigenvalue weighted by Gasteiger charge is -2.33. The Balaban J connectivity index is 1.82. The largest absolute Gasteiger partial charge is 0.378 e. The van der Waals surface area contributed by atoms with Crippen molar-refractivity contribution in [3.05, 3.63) is 0 Å². The molecule has 0 saturated carbocycles. The molecule has 1 aliphatic rings. The van der Waals surface area contributed by atoms with Gasteiger partial charge in [0.2, 0.25) is 5.91 Å². The zero-order valence-corrected chi connectivity index (χ0v) is 16.9. The summed E-state index contributed by atoms with van der Waals surface area (Å²) >= 11 is 0. The van der Waals surface area contributed by atoms with Crippen molar-refractivity contribution in [1.82, 2.24) is 15.5 Å². The van der Waals surface area contributed by atoms with Crippen molar-refractivity contribution >= 4 is 5.91 Å². The summed E-state index contributed by atoms with van der Waals surface area (Å²) in [6.07, 6.45) is 3.66. The number of hydrogen-bond acceptors (Lipinski definition) is 6. The molecule has 1 rings (SSSR count). The highest BCUT2D eigenvalue weighted by Crippen LogP contribution is 2.11. The maximum atomic E-state index is 10.7. The average molecular weight is 374 g/mol. The van der Waals surface area contributed by atoms with Gasteiger partial charge in [-0.15, -0.1) is 0 Å². The SMILES string of the molecule is CCC(C)NC1CCN(CCOCCOCCOCCNC(C)=O)CC1. The molecule has 154 valence electrons. The summed E-state index contributed by atoms with van der Waals surface area (Å²) in [5, 5.41) is 6.38. The Morgan fingerprint density at radius 3 is 2.19 bits per heavy atom. The molecule has 2 N–H and O–H groups in total. The van der Waals surface area contributed by atoms with E-state index in [1.54, 1.807) is 0 Å². The van der Waals surface area contributed by atoms with Gasteiger partial charge in [-0.2, -0.15) is 0 Å². The van der Waals surface area contributed by atoms with Crippen molar-refractivity contribution in [2.24, 2.45) is 0 Å². The molecule has 1 saturated heterocycles. The average Bonchev–Trinajstić information content (AvgIpc) is 2.63. The molecule has 0 aliphatic carbocycles. The van der Waals surface area contributed by atoms with E-state index in [1.807, 2.05) is 0 Å². The highest BCUT2D eigenvalue weighted by Gasteiger charge is 2.19. The zero-order valence-electron chi connectivity index (χ0n) is 16.9. The first-order valence-electron chi connectivity index (χ1n) is 10.1. The first kappa shape index (κ1) is 23.3. The van der Waals surface area contributed by atoms with Crippen molar-refractivity contribution in [2.45, 2.75) is 52.1 Å². The van der Waals surface area contributed by atoms with Crippen molar-refractivity contribution in [1.29, 1.82) is 0 Å². The van der Waals surface area contributed by atoms with Crippen LogP contribution in [-0.2, 0) is 19.0 Å². The molecule has 1 aliphatic heterocycles. The summed E-state index contributed by atoms with van der Waals surface area (Å²) in [7, 11) is 0. The van der Waals surface area contributed by atoms with Crippen LogP contribution >= 0.6 is 0 Å². The predicted molar refractivity (Wildman–Crippen MR) is 103 cm³/mol. The van der Waals surface area contributed by atoms with Crippen LogP contribution in [0.5, 0.6) is 0 Å². The summed E-state index contributed by atoms with van der Waals surface area (Å²) in [6, 6.07) is 1.30. The van der Waals surface area contributed by atoms with E-state index in [0.29, 0.717) is 51.7 Å². The van der Waals surface area contributed by atoms with Crippen LogP contribution in [0.1, 0.15) is 40.0 Å². The minimum atomic E-state index is -0.0332. The van der Waals surface area contributed by atoms with Crippen LogP contribution in [0.2, 0.25) is 0 Å². The van der Waals surface area contributed by atoms with Crippen molar-refractivity contribution in [3.63, 3.8) is 0 Å². The topological polar surface area (TPSA) is 72.1 Å². The maximum absolute atomic E-state index is 10.7. The third-order valence-corrected chi connectivity index (χ3v) is 4.64. The number of piperidine rings is 1. The minimum absolute atomic E-state index is 0.0332. The van der Waals surface area contributed by atoms with Crippen LogP contribution in [-0.4, -0.2) is 88.7 Å². The number of hydrogen-bond donors (Lipinski definition) is 2. The fourth-order valence-corrected chi connectivity index (χ4v) is 2.88. The third-order valence-electron chi connectivity index (χ3n) is 4.64. The van der Waals surface area contributed by atoms with Crippen molar-refractivity contribution < 1.29 is 19.0 Å². The van der Waals surface area contributed by atoms with E-state index in [2.05, 4.69) is 29.4 Å². The second-order valence-corrected chi connectivity index (χ2v) is 6.91. The second-order valence-electron chi connectivity index (χ2n) is 6.91. The lowest BCUT2D eigenvalue weighted by atomic mass is 10.0. The molecule has 26 heavy (non-hydrogen) atoms. The van der Waals surface area contributed by atoms with Gasteiger partial charge in [-0.05, 0) is 39.3 Å². The molecule has 0 aromatic carbocycles. The number of nitrogens with one attached hydrogen (secondary N) is 2. The smallest absolute Gasteiger partial charge is 0.216 e. The van der Waals surface area contributed by atoms with E-state index in [1.165, 1.54) is 26.2 Å². The van der Waals surface area contributed by atoms with Crippen LogP contribution in [0.4, 0.5) is 0 Å². The maximum Gasteiger partial charge on any atom is 0.216 e. The van der Waals surface area contributed by atoms with Gasteiger partial charge in [-0.1, -0.05) is 6.92 Å². The molecule has 1 unspecified atom stereocenters. The molecule has 7 nitrogen and oxygen atoms in total. The molecule has 0 aromatic rings. The Kier molecular flexibility index (Phi) is 13.8. The fourth-order valence-electron chi connectivity index (χ4n) is 2.88. The molecule has 1 atom stereocenters. The number of rotatable bonds is 15. The minimum Gasteiger partial charge on any atom is -0.378 e. The van der Waals surface area contributed by atoms with E-state index < -0.39 is 0 Å².